The summed E-state index contributed by atoms with van der Waals surface area (Å²) in [4.78, 5) is 13.9. The number of carbonyl (C=O) groups is 1. The van der Waals surface area contributed by atoms with Gasteiger partial charge >= 0.3 is 0 Å². The van der Waals surface area contributed by atoms with E-state index in [9.17, 15) is 4.79 Å². The zero-order chi connectivity index (χ0) is 12.3. The number of nitrogens with zero attached hydrogens (tertiary/aromatic N) is 2. The average molecular weight is 238 g/mol. The Morgan fingerprint density at radius 2 is 2.53 bits per heavy atom. The number of carbonyl (C=O) groups excluding carboxylic acids is 1. The third-order valence-electron chi connectivity index (χ3n) is 3.18. The topological polar surface area (TPSA) is 66.6 Å². The summed E-state index contributed by atoms with van der Waals surface area (Å²) in [5, 5.41) is 12.7. The number of hydrogen-bond acceptors (Lipinski definition) is 4. The van der Waals surface area contributed by atoms with Gasteiger partial charge in [0.25, 0.3) is 5.91 Å². The molecule has 1 aromatic heterocycles. The van der Waals surface area contributed by atoms with Gasteiger partial charge in [0.2, 0.25) is 5.76 Å². The Bertz CT molecular complexity index is 387. The second kappa shape index (κ2) is 5.31. The fourth-order valence-electron chi connectivity index (χ4n) is 2.29. The molecular formula is C12H18N2O3. The molecule has 0 saturated carbocycles. The zero-order valence-corrected chi connectivity index (χ0v) is 10.1. The van der Waals surface area contributed by atoms with E-state index < -0.39 is 0 Å². The first kappa shape index (κ1) is 12.1. The van der Waals surface area contributed by atoms with Crippen molar-refractivity contribution in [2.24, 2.45) is 5.92 Å². The average Bonchev–Trinajstić information content (AvgIpc) is 2.76. The summed E-state index contributed by atoms with van der Waals surface area (Å²) in [6.07, 6.45) is 2.84. The number of aromatic nitrogens is 1. The largest absolute Gasteiger partial charge is 0.396 e. The van der Waals surface area contributed by atoms with Gasteiger partial charge in [0.05, 0.1) is 5.69 Å². The molecule has 1 fully saturated rings. The summed E-state index contributed by atoms with van der Waals surface area (Å²) < 4.78 is 4.98. The molecule has 5 nitrogen and oxygen atoms in total. The quantitative estimate of drug-likeness (QED) is 0.859. The lowest BCUT2D eigenvalue weighted by molar-refractivity contribution is 0.0612. The molecule has 0 aromatic carbocycles. The Kier molecular flexibility index (Phi) is 3.78. The van der Waals surface area contributed by atoms with E-state index in [0.29, 0.717) is 18.2 Å². The molecule has 1 amide bonds. The Hall–Kier alpha value is -1.36. The zero-order valence-electron chi connectivity index (χ0n) is 10.1. The Balaban J connectivity index is 1.99. The van der Waals surface area contributed by atoms with Crippen molar-refractivity contribution >= 4 is 5.91 Å². The van der Waals surface area contributed by atoms with Crippen molar-refractivity contribution in [1.29, 1.82) is 0 Å². The highest BCUT2D eigenvalue weighted by atomic mass is 16.5. The van der Waals surface area contributed by atoms with E-state index in [0.717, 1.165) is 31.5 Å². The lowest BCUT2D eigenvalue weighted by atomic mass is 9.95. The molecule has 0 aliphatic carbocycles. The third kappa shape index (κ3) is 2.85. The van der Waals surface area contributed by atoms with Crippen molar-refractivity contribution in [2.45, 2.75) is 26.2 Å². The van der Waals surface area contributed by atoms with Gasteiger partial charge in [0.15, 0.2) is 0 Å². The van der Waals surface area contributed by atoms with Crippen LogP contribution >= 0.6 is 0 Å². The number of hydrogen-bond donors (Lipinski definition) is 1. The molecule has 1 aliphatic rings. The minimum absolute atomic E-state index is 0.0896. The first-order valence-electron chi connectivity index (χ1n) is 6.04. The van der Waals surface area contributed by atoms with Gasteiger partial charge in [-0.1, -0.05) is 5.16 Å². The van der Waals surface area contributed by atoms with Crippen LogP contribution in [0.2, 0.25) is 0 Å². The molecule has 2 rings (SSSR count). The van der Waals surface area contributed by atoms with Gasteiger partial charge in [-0.15, -0.1) is 0 Å². The van der Waals surface area contributed by atoms with E-state index in [2.05, 4.69) is 5.16 Å². The lowest BCUT2D eigenvalue weighted by Crippen LogP contribution is -2.40. The van der Waals surface area contributed by atoms with Gasteiger partial charge in [-0.05, 0) is 32.1 Å². The van der Waals surface area contributed by atoms with Crippen molar-refractivity contribution in [1.82, 2.24) is 10.1 Å². The van der Waals surface area contributed by atoms with Gasteiger partial charge in [0, 0.05) is 25.8 Å². The number of aliphatic hydroxyl groups excluding tert-OH is 1. The second-order valence-electron chi connectivity index (χ2n) is 4.60. The van der Waals surface area contributed by atoms with Crippen LogP contribution in [0, 0.1) is 12.8 Å². The maximum Gasteiger partial charge on any atom is 0.292 e. The molecule has 1 unspecified atom stereocenters. The molecule has 1 saturated heterocycles. The maximum absolute atomic E-state index is 12.1. The van der Waals surface area contributed by atoms with E-state index in [-0.39, 0.29) is 12.5 Å². The molecule has 0 bridgehead atoms. The fraction of sp³-hybridized carbons (Fsp3) is 0.667. The minimum atomic E-state index is -0.0896. The second-order valence-corrected chi connectivity index (χ2v) is 4.60. The van der Waals surface area contributed by atoms with Crippen LogP contribution in [0.15, 0.2) is 10.6 Å². The molecule has 0 radical (unpaired) electrons. The Morgan fingerprint density at radius 3 is 3.18 bits per heavy atom. The first-order chi connectivity index (χ1) is 8.20. The Morgan fingerprint density at radius 1 is 1.71 bits per heavy atom. The molecule has 2 heterocycles. The van der Waals surface area contributed by atoms with E-state index in [1.54, 1.807) is 17.9 Å². The van der Waals surface area contributed by atoms with E-state index in [1.165, 1.54) is 0 Å². The van der Waals surface area contributed by atoms with Gasteiger partial charge in [-0.2, -0.15) is 0 Å². The van der Waals surface area contributed by atoms with Crippen molar-refractivity contribution in [3.8, 4) is 0 Å². The van der Waals surface area contributed by atoms with Crippen LogP contribution in [0.4, 0.5) is 0 Å². The number of aryl methyl sites for hydroxylation is 1. The van der Waals surface area contributed by atoms with Gasteiger partial charge in [-0.25, -0.2) is 0 Å². The van der Waals surface area contributed by atoms with Crippen molar-refractivity contribution < 1.29 is 14.4 Å². The number of aliphatic hydroxyl groups is 1. The summed E-state index contributed by atoms with van der Waals surface area (Å²) in [5.74, 6) is 0.627. The number of piperidine rings is 1. The monoisotopic (exact) mass is 238 g/mol. The number of likely N-dealkylation sites (tertiary alicyclic amines) is 1. The summed E-state index contributed by atoms with van der Waals surface area (Å²) in [6.45, 7) is 3.46. The first-order valence-corrected chi connectivity index (χ1v) is 6.04. The van der Waals surface area contributed by atoms with Crippen molar-refractivity contribution in [2.75, 3.05) is 19.7 Å². The predicted octanol–water partition coefficient (Wildman–Crippen LogP) is 1.22. The SMILES string of the molecule is Cc1cc(C(=O)N2CCCC(CCO)C2)on1. The summed E-state index contributed by atoms with van der Waals surface area (Å²) in [7, 11) is 0. The van der Waals surface area contributed by atoms with Crippen LogP contribution in [0.1, 0.15) is 35.5 Å². The molecule has 1 N–H and O–H groups in total. The minimum Gasteiger partial charge on any atom is -0.396 e. The normalized spacial score (nSPS) is 20.6. The summed E-state index contributed by atoms with van der Waals surface area (Å²) in [5.41, 5.74) is 0.720. The van der Waals surface area contributed by atoms with E-state index in [4.69, 9.17) is 9.63 Å². The van der Waals surface area contributed by atoms with Crippen LogP contribution in [0.5, 0.6) is 0 Å². The molecule has 1 aliphatic heterocycles. The standard InChI is InChI=1S/C12H18N2O3/c1-9-7-11(17-13-9)12(16)14-5-2-3-10(8-14)4-6-15/h7,10,15H,2-6,8H2,1H3. The van der Waals surface area contributed by atoms with Crippen LogP contribution in [0.25, 0.3) is 0 Å². The highest BCUT2D eigenvalue weighted by molar-refractivity contribution is 5.91. The van der Waals surface area contributed by atoms with Crippen molar-refractivity contribution in [3.05, 3.63) is 17.5 Å². The molecule has 0 spiro atoms. The van der Waals surface area contributed by atoms with Crippen LogP contribution in [-0.4, -0.2) is 40.8 Å². The summed E-state index contributed by atoms with van der Waals surface area (Å²) >= 11 is 0. The van der Waals surface area contributed by atoms with Crippen LogP contribution < -0.4 is 0 Å². The molecule has 17 heavy (non-hydrogen) atoms. The van der Waals surface area contributed by atoms with Gasteiger partial charge in [0.1, 0.15) is 0 Å². The lowest BCUT2D eigenvalue weighted by Gasteiger charge is -2.31. The predicted molar refractivity (Wildman–Crippen MR) is 61.6 cm³/mol. The third-order valence-corrected chi connectivity index (χ3v) is 3.18. The van der Waals surface area contributed by atoms with Crippen LogP contribution in [-0.2, 0) is 0 Å². The van der Waals surface area contributed by atoms with E-state index >= 15 is 0 Å². The van der Waals surface area contributed by atoms with Crippen LogP contribution in [0.3, 0.4) is 0 Å². The maximum atomic E-state index is 12.1. The smallest absolute Gasteiger partial charge is 0.292 e. The van der Waals surface area contributed by atoms with Gasteiger partial charge < -0.3 is 14.5 Å². The summed E-state index contributed by atoms with van der Waals surface area (Å²) in [6, 6.07) is 1.66. The molecule has 1 aromatic rings. The number of rotatable bonds is 3. The van der Waals surface area contributed by atoms with E-state index in [1.807, 2.05) is 0 Å². The number of amides is 1. The highest BCUT2D eigenvalue weighted by Crippen LogP contribution is 2.21. The molecule has 94 valence electrons. The van der Waals surface area contributed by atoms with Gasteiger partial charge in [-0.3, -0.25) is 4.79 Å². The molecular weight excluding hydrogens is 220 g/mol. The van der Waals surface area contributed by atoms with Crippen molar-refractivity contribution in [3.63, 3.8) is 0 Å². The molecule has 1 atom stereocenters. The highest BCUT2D eigenvalue weighted by Gasteiger charge is 2.26. The Labute approximate surface area is 100 Å². The molecule has 5 heteroatoms. The fourth-order valence-corrected chi connectivity index (χ4v) is 2.29.